The molecule has 2 aromatic carbocycles. The Labute approximate surface area is 154 Å². The first kappa shape index (κ1) is 16.4. The minimum Gasteiger partial charge on any atom is -0.450 e. The summed E-state index contributed by atoms with van der Waals surface area (Å²) in [5.41, 5.74) is 2.90. The molecule has 26 heavy (non-hydrogen) atoms. The highest BCUT2D eigenvalue weighted by Crippen LogP contribution is 2.37. The maximum Gasteiger partial charge on any atom is 0.412 e. The SMILES string of the molecule is CCOC(=O)Nc1cc2c(-c3ccccc3)nn(-c3ccccc3)c2s1. The number of nitrogens with zero attached hydrogens (tertiary/aromatic N) is 2. The maximum absolute atomic E-state index is 11.8. The number of nitrogens with one attached hydrogen (secondary N) is 1. The predicted octanol–water partition coefficient (Wildman–Crippen LogP) is 5.32. The van der Waals surface area contributed by atoms with Crippen molar-refractivity contribution in [2.24, 2.45) is 0 Å². The minimum absolute atomic E-state index is 0.337. The third-order valence-corrected chi connectivity index (χ3v) is 4.93. The van der Waals surface area contributed by atoms with Crippen LogP contribution in [0.3, 0.4) is 0 Å². The highest BCUT2D eigenvalue weighted by molar-refractivity contribution is 7.22. The van der Waals surface area contributed by atoms with E-state index in [0.717, 1.165) is 32.2 Å². The van der Waals surface area contributed by atoms with Crippen LogP contribution in [-0.2, 0) is 4.74 Å². The number of carbonyl (C=O) groups excluding carboxylic acids is 1. The van der Waals surface area contributed by atoms with Crippen LogP contribution in [-0.4, -0.2) is 22.5 Å². The number of aromatic nitrogens is 2. The zero-order chi connectivity index (χ0) is 17.9. The summed E-state index contributed by atoms with van der Waals surface area (Å²) in [5, 5.41) is 9.35. The van der Waals surface area contributed by atoms with Crippen LogP contribution in [0.1, 0.15) is 6.92 Å². The first-order valence-electron chi connectivity index (χ1n) is 8.33. The molecule has 0 unspecified atom stereocenters. The Bertz CT molecular complexity index is 967. The first-order chi connectivity index (χ1) is 12.8. The normalized spacial score (nSPS) is 10.8. The number of fused-ring (bicyclic) bond motifs is 1. The number of para-hydroxylation sites is 1. The fourth-order valence-electron chi connectivity index (χ4n) is 2.79. The Hall–Kier alpha value is -3.12. The van der Waals surface area contributed by atoms with Crippen molar-refractivity contribution in [3.05, 3.63) is 66.7 Å². The van der Waals surface area contributed by atoms with E-state index in [1.165, 1.54) is 11.3 Å². The zero-order valence-corrected chi connectivity index (χ0v) is 15.0. The van der Waals surface area contributed by atoms with Gasteiger partial charge in [0.1, 0.15) is 15.5 Å². The molecule has 0 saturated carbocycles. The minimum atomic E-state index is -0.447. The summed E-state index contributed by atoms with van der Waals surface area (Å²) in [7, 11) is 0. The predicted molar refractivity (Wildman–Crippen MR) is 105 cm³/mol. The smallest absolute Gasteiger partial charge is 0.412 e. The van der Waals surface area contributed by atoms with E-state index in [1.807, 2.05) is 71.4 Å². The number of hydrogen-bond donors (Lipinski definition) is 1. The van der Waals surface area contributed by atoms with Crippen LogP contribution < -0.4 is 5.32 Å². The Morgan fingerprint density at radius 1 is 1.12 bits per heavy atom. The van der Waals surface area contributed by atoms with Crippen molar-refractivity contribution in [3.8, 4) is 16.9 Å². The Balaban J connectivity index is 1.86. The van der Waals surface area contributed by atoms with Crippen LogP contribution in [0.25, 0.3) is 27.2 Å². The topological polar surface area (TPSA) is 56.1 Å². The van der Waals surface area contributed by atoms with Crippen LogP contribution in [0, 0.1) is 0 Å². The van der Waals surface area contributed by atoms with Gasteiger partial charge in [-0.05, 0) is 25.1 Å². The molecule has 0 radical (unpaired) electrons. The monoisotopic (exact) mass is 363 g/mol. The zero-order valence-electron chi connectivity index (χ0n) is 14.2. The molecule has 0 aliphatic heterocycles. The van der Waals surface area contributed by atoms with Gasteiger partial charge in [-0.1, -0.05) is 59.9 Å². The quantitative estimate of drug-likeness (QED) is 0.534. The molecule has 2 aromatic heterocycles. The maximum atomic E-state index is 11.8. The third kappa shape index (κ3) is 3.07. The molecule has 6 heteroatoms. The van der Waals surface area contributed by atoms with Gasteiger partial charge >= 0.3 is 6.09 Å². The van der Waals surface area contributed by atoms with Crippen molar-refractivity contribution in [3.63, 3.8) is 0 Å². The van der Waals surface area contributed by atoms with Gasteiger partial charge in [-0.3, -0.25) is 5.32 Å². The van der Waals surface area contributed by atoms with Gasteiger partial charge in [-0.15, -0.1) is 0 Å². The number of rotatable bonds is 4. The lowest BCUT2D eigenvalue weighted by Crippen LogP contribution is -2.12. The molecule has 0 spiro atoms. The molecule has 2 heterocycles. The van der Waals surface area contributed by atoms with Crippen molar-refractivity contribution >= 4 is 32.6 Å². The average molecular weight is 363 g/mol. The van der Waals surface area contributed by atoms with E-state index in [-0.39, 0.29) is 0 Å². The number of ether oxygens (including phenoxy) is 1. The van der Waals surface area contributed by atoms with Crippen molar-refractivity contribution in [2.45, 2.75) is 6.92 Å². The number of carbonyl (C=O) groups is 1. The molecule has 0 saturated heterocycles. The average Bonchev–Trinajstić information content (AvgIpc) is 3.22. The van der Waals surface area contributed by atoms with Gasteiger partial charge in [0.25, 0.3) is 0 Å². The molecular formula is C20H17N3O2S. The van der Waals surface area contributed by atoms with E-state index >= 15 is 0 Å². The molecule has 0 fully saturated rings. The van der Waals surface area contributed by atoms with Gasteiger partial charge in [0, 0.05) is 10.9 Å². The van der Waals surface area contributed by atoms with Crippen LogP contribution >= 0.6 is 11.3 Å². The fraction of sp³-hybridized carbons (Fsp3) is 0.100. The number of benzene rings is 2. The van der Waals surface area contributed by atoms with E-state index in [1.54, 1.807) is 6.92 Å². The molecule has 0 aliphatic carbocycles. The molecule has 1 amide bonds. The van der Waals surface area contributed by atoms with E-state index < -0.39 is 6.09 Å². The molecule has 0 aliphatic rings. The lowest BCUT2D eigenvalue weighted by molar-refractivity contribution is 0.168. The lowest BCUT2D eigenvalue weighted by atomic mass is 10.1. The number of thiophene rings is 1. The highest BCUT2D eigenvalue weighted by Gasteiger charge is 2.18. The second-order valence-corrected chi connectivity index (χ2v) is 6.67. The largest absolute Gasteiger partial charge is 0.450 e. The summed E-state index contributed by atoms with van der Waals surface area (Å²) in [6.07, 6.45) is -0.447. The Kier molecular flexibility index (Phi) is 4.41. The van der Waals surface area contributed by atoms with Crippen molar-refractivity contribution in [1.29, 1.82) is 0 Å². The van der Waals surface area contributed by atoms with Crippen molar-refractivity contribution in [2.75, 3.05) is 11.9 Å². The summed E-state index contributed by atoms with van der Waals surface area (Å²) in [4.78, 5) is 12.7. The molecule has 0 atom stereocenters. The van der Waals surface area contributed by atoms with Crippen molar-refractivity contribution < 1.29 is 9.53 Å². The van der Waals surface area contributed by atoms with Gasteiger partial charge in [-0.2, -0.15) is 5.10 Å². The van der Waals surface area contributed by atoms with Gasteiger partial charge in [0.2, 0.25) is 0 Å². The Morgan fingerprint density at radius 3 is 2.50 bits per heavy atom. The summed E-state index contributed by atoms with van der Waals surface area (Å²) in [6.45, 7) is 2.12. The number of amides is 1. The lowest BCUT2D eigenvalue weighted by Gasteiger charge is -2.03. The summed E-state index contributed by atoms with van der Waals surface area (Å²) in [5.74, 6) is 0. The van der Waals surface area contributed by atoms with Gasteiger partial charge < -0.3 is 4.74 Å². The van der Waals surface area contributed by atoms with Crippen LogP contribution in [0.4, 0.5) is 9.80 Å². The molecule has 130 valence electrons. The van der Waals surface area contributed by atoms with Gasteiger partial charge in [-0.25, -0.2) is 9.48 Å². The van der Waals surface area contributed by atoms with Crippen molar-refractivity contribution in [1.82, 2.24) is 9.78 Å². The number of anilines is 1. The van der Waals surface area contributed by atoms with Crippen LogP contribution in [0.5, 0.6) is 0 Å². The van der Waals surface area contributed by atoms with E-state index in [0.29, 0.717) is 6.61 Å². The van der Waals surface area contributed by atoms with Crippen LogP contribution in [0.2, 0.25) is 0 Å². The van der Waals surface area contributed by atoms with Gasteiger partial charge in [0.15, 0.2) is 0 Å². The summed E-state index contributed by atoms with van der Waals surface area (Å²) >= 11 is 1.48. The molecule has 4 rings (SSSR count). The molecule has 0 bridgehead atoms. The van der Waals surface area contributed by atoms with E-state index in [9.17, 15) is 4.79 Å². The molecule has 1 N–H and O–H groups in total. The highest BCUT2D eigenvalue weighted by atomic mass is 32.1. The fourth-order valence-corrected chi connectivity index (χ4v) is 3.81. The summed E-state index contributed by atoms with van der Waals surface area (Å²) in [6, 6.07) is 22.0. The summed E-state index contributed by atoms with van der Waals surface area (Å²) < 4.78 is 6.90. The number of hydrogen-bond acceptors (Lipinski definition) is 4. The third-order valence-electron chi connectivity index (χ3n) is 3.91. The van der Waals surface area contributed by atoms with E-state index in [2.05, 4.69) is 5.32 Å². The van der Waals surface area contributed by atoms with Gasteiger partial charge in [0.05, 0.1) is 12.3 Å². The van der Waals surface area contributed by atoms with Crippen LogP contribution in [0.15, 0.2) is 66.7 Å². The molecular weight excluding hydrogens is 346 g/mol. The Morgan fingerprint density at radius 2 is 1.81 bits per heavy atom. The standard InChI is InChI=1S/C20H17N3O2S/c1-2-25-20(24)21-17-13-16-18(14-9-5-3-6-10-14)22-23(19(16)26-17)15-11-7-4-8-12-15/h3-13H,2H2,1H3,(H,21,24). The second-order valence-electron chi connectivity index (χ2n) is 5.64. The second kappa shape index (κ2) is 7.01. The first-order valence-corrected chi connectivity index (χ1v) is 9.15. The molecule has 4 aromatic rings. The molecule has 5 nitrogen and oxygen atoms in total. The van der Waals surface area contributed by atoms with E-state index in [4.69, 9.17) is 9.84 Å².